The molecule has 0 aliphatic rings. The highest BCUT2D eigenvalue weighted by molar-refractivity contribution is 5.84. The molecule has 0 radical (unpaired) electrons. The summed E-state index contributed by atoms with van der Waals surface area (Å²) in [6.07, 6.45) is 12.1. The third-order valence-electron chi connectivity index (χ3n) is 12.8. The van der Waals surface area contributed by atoms with E-state index in [4.69, 9.17) is 0 Å². The van der Waals surface area contributed by atoms with Crippen LogP contribution in [0.1, 0.15) is 110 Å². The molecule has 62 heavy (non-hydrogen) atoms. The molecule has 7 aromatic rings. The topological polar surface area (TPSA) is 24.1 Å². The molecule has 0 saturated carbocycles. The van der Waals surface area contributed by atoms with Gasteiger partial charge in [0.15, 0.2) is 0 Å². The van der Waals surface area contributed by atoms with Crippen LogP contribution in [0.15, 0.2) is 133 Å². The zero-order chi connectivity index (χ0) is 43.6. The predicted octanol–water partition coefficient (Wildman–Crippen LogP) is 17.9. The number of nitrogens with one attached hydrogen (secondary N) is 2. The monoisotopic (exact) mass is 817 g/mol. The van der Waals surface area contributed by atoms with Gasteiger partial charge in [-0.3, -0.25) is 0 Å². The van der Waals surface area contributed by atoms with E-state index in [-0.39, 0.29) is 0 Å². The zero-order valence-corrected chi connectivity index (χ0v) is 38.8. The van der Waals surface area contributed by atoms with Crippen molar-refractivity contribution in [3.05, 3.63) is 178 Å². The molecule has 7 aromatic carbocycles. The first-order valence-electron chi connectivity index (χ1n) is 23.4. The summed E-state index contributed by atoms with van der Waals surface area (Å²) in [5, 5.41) is 7.59. The van der Waals surface area contributed by atoms with Crippen LogP contribution in [0.5, 0.6) is 0 Å². The molecule has 0 bridgehead atoms. The van der Waals surface area contributed by atoms with Crippen molar-refractivity contribution in [1.82, 2.24) is 0 Å². The van der Waals surface area contributed by atoms with Gasteiger partial charge in [-0.2, -0.15) is 0 Å². The Morgan fingerprint density at radius 2 is 0.710 bits per heavy atom. The van der Waals surface area contributed by atoms with Crippen molar-refractivity contribution in [2.45, 2.75) is 120 Å². The standard InChI is InChI=1S/C60H68N2/c1-9-11-13-17-27-49-39-58(56-36-46(8)60(38-44(56)6)62-52-30-32-54(42(4)34-52)48-25-21-16-22-26-48)50(28-18-14-12-10-2)40-57(49)55-35-45(7)59(37-43(55)5)61-51-29-31-53(41(3)33-51)47-23-19-15-20-24-47/h15-16,19-26,29-40,61-62H,9-14,17-18,27-28H2,1-8H3. The first kappa shape index (κ1) is 44.2. The Balaban J connectivity index is 1.24. The van der Waals surface area contributed by atoms with Gasteiger partial charge in [0, 0.05) is 22.7 Å². The number of aryl methyl sites for hydroxylation is 8. The maximum atomic E-state index is 3.79. The van der Waals surface area contributed by atoms with E-state index in [9.17, 15) is 0 Å². The van der Waals surface area contributed by atoms with E-state index in [1.165, 1.54) is 152 Å². The summed E-state index contributed by atoms with van der Waals surface area (Å²) in [6, 6.07) is 49.6. The number of hydrogen-bond acceptors (Lipinski definition) is 2. The van der Waals surface area contributed by atoms with Gasteiger partial charge in [-0.05, 0) is 205 Å². The fourth-order valence-corrected chi connectivity index (χ4v) is 9.25. The van der Waals surface area contributed by atoms with Gasteiger partial charge >= 0.3 is 0 Å². The summed E-state index contributed by atoms with van der Waals surface area (Å²) in [5.41, 5.74) is 25.8. The highest BCUT2D eigenvalue weighted by atomic mass is 14.9. The maximum Gasteiger partial charge on any atom is 0.0417 e. The van der Waals surface area contributed by atoms with Gasteiger partial charge in [0.1, 0.15) is 0 Å². The molecule has 0 atom stereocenters. The molecule has 7 rings (SSSR count). The van der Waals surface area contributed by atoms with Crippen molar-refractivity contribution in [2.24, 2.45) is 0 Å². The third-order valence-corrected chi connectivity index (χ3v) is 12.8. The molecule has 0 spiro atoms. The Bertz CT molecular complexity index is 2420. The van der Waals surface area contributed by atoms with E-state index >= 15 is 0 Å². The number of rotatable bonds is 18. The second-order valence-corrected chi connectivity index (χ2v) is 17.8. The molecule has 0 saturated heterocycles. The van der Waals surface area contributed by atoms with Gasteiger partial charge in [-0.15, -0.1) is 0 Å². The Morgan fingerprint density at radius 3 is 1.08 bits per heavy atom. The molecule has 0 unspecified atom stereocenters. The van der Waals surface area contributed by atoms with Gasteiger partial charge in [0.05, 0.1) is 0 Å². The fraction of sp³-hybridized carbons (Fsp3) is 0.300. The molecule has 0 aromatic heterocycles. The molecule has 2 heteroatoms. The smallest absolute Gasteiger partial charge is 0.0417 e. The van der Waals surface area contributed by atoms with Crippen molar-refractivity contribution in [1.29, 1.82) is 0 Å². The largest absolute Gasteiger partial charge is 0.355 e. The Kier molecular flexibility index (Phi) is 14.8. The molecule has 0 fully saturated rings. The van der Waals surface area contributed by atoms with Crippen LogP contribution in [-0.4, -0.2) is 0 Å². The van der Waals surface area contributed by atoms with Gasteiger partial charge in [-0.1, -0.05) is 137 Å². The number of benzene rings is 7. The lowest BCUT2D eigenvalue weighted by molar-refractivity contribution is 0.664. The molecule has 318 valence electrons. The highest BCUT2D eigenvalue weighted by Gasteiger charge is 2.19. The van der Waals surface area contributed by atoms with Crippen LogP contribution in [0.25, 0.3) is 44.5 Å². The quantitative estimate of drug-likeness (QED) is 0.0843. The van der Waals surface area contributed by atoms with Crippen LogP contribution in [0.3, 0.4) is 0 Å². The van der Waals surface area contributed by atoms with E-state index in [1.54, 1.807) is 0 Å². The van der Waals surface area contributed by atoms with Gasteiger partial charge in [-0.25, -0.2) is 0 Å². The van der Waals surface area contributed by atoms with E-state index < -0.39 is 0 Å². The van der Waals surface area contributed by atoms with Crippen LogP contribution in [0.2, 0.25) is 0 Å². The van der Waals surface area contributed by atoms with Crippen LogP contribution < -0.4 is 10.6 Å². The second kappa shape index (κ2) is 20.8. The minimum Gasteiger partial charge on any atom is -0.355 e. The molecule has 0 aliphatic carbocycles. The molecule has 0 aliphatic heterocycles. The van der Waals surface area contributed by atoms with Crippen molar-refractivity contribution >= 4 is 22.7 Å². The molecular formula is C60H68N2. The Morgan fingerprint density at radius 1 is 0.323 bits per heavy atom. The van der Waals surface area contributed by atoms with Crippen molar-refractivity contribution in [3.8, 4) is 44.5 Å². The lowest BCUT2D eigenvalue weighted by Gasteiger charge is -2.22. The molecule has 0 amide bonds. The van der Waals surface area contributed by atoms with E-state index in [0.717, 1.165) is 24.2 Å². The predicted molar refractivity (Wildman–Crippen MR) is 272 cm³/mol. The summed E-state index contributed by atoms with van der Waals surface area (Å²) in [4.78, 5) is 0. The van der Waals surface area contributed by atoms with Gasteiger partial charge in [0.25, 0.3) is 0 Å². The zero-order valence-electron chi connectivity index (χ0n) is 38.8. The maximum absolute atomic E-state index is 3.79. The van der Waals surface area contributed by atoms with Crippen molar-refractivity contribution in [3.63, 3.8) is 0 Å². The molecule has 2 N–H and O–H groups in total. The lowest BCUT2D eigenvalue weighted by Crippen LogP contribution is -2.02. The second-order valence-electron chi connectivity index (χ2n) is 17.8. The van der Waals surface area contributed by atoms with Crippen molar-refractivity contribution in [2.75, 3.05) is 10.6 Å². The van der Waals surface area contributed by atoms with Crippen LogP contribution in [0.4, 0.5) is 22.7 Å². The summed E-state index contributed by atoms with van der Waals surface area (Å²) in [7, 11) is 0. The molecule has 2 nitrogen and oxygen atoms in total. The minimum atomic E-state index is 1.08. The average molecular weight is 817 g/mol. The Hall–Kier alpha value is -5.86. The molecular weight excluding hydrogens is 749 g/mol. The third kappa shape index (κ3) is 10.6. The first-order chi connectivity index (χ1) is 30.1. The van der Waals surface area contributed by atoms with Crippen LogP contribution in [0, 0.1) is 41.5 Å². The minimum absolute atomic E-state index is 1.08. The molecule has 0 heterocycles. The number of anilines is 4. The van der Waals surface area contributed by atoms with Crippen LogP contribution in [-0.2, 0) is 12.8 Å². The van der Waals surface area contributed by atoms with Gasteiger partial charge < -0.3 is 10.6 Å². The van der Waals surface area contributed by atoms with E-state index in [2.05, 4.69) is 199 Å². The van der Waals surface area contributed by atoms with E-state index in [0.29, 0.717) is 0 Å². The fourth-order valence-electron chi connectivity index (χ4n) is 9.25. The summed E-state index contributed by atoms with van der Waals surface area (Å²) in [5.74, 6) is 0. The number of hydrogen-bond donors (Lipinski definition) is 2. The number of unbranched alkanes of at least 4 members (excludes halogenated alkanes) is 6. The highest BCUT2D eigenvalue weighted by Crippen LogP contribution is 2.41. The summed E-state index contributed by atoms with van der Waals surface area (Å²) < 4.78 is 0. The van der Waals surface area contributed by atoms with E-state index in [1.807, 2.05) is 0 Å². The summed E-state index contributed by atoms with van der Waals surface area (Å²) in [6.45, 7) is 18.2. The Labute approximate surface area is 373 Å². The normalized spacial score (nSPS) is 11.2. The SMILES string of the molecule is CCCCCCc1cc(-c2cc(C)c(Nc3ccc(-c4ccccc4)c(C)c3)cc2C)c(CCCCCC)cc1-c1cc(C)c(Nc2ccc(-c3ccccc3)c(C)c2)cc1C. The lowest BCUT2D eigenvalue weighted by atomic mass is 9.84. The first-order valence-corrected chi connectivity index (χ1v) is 23.4. The average Bonchev–Trinajstić information content (AvgIpc) is 3.27. The van der Waals surface area contributed by atoms with Crippen LogP contribution >= 0.6 is 0 Å². The van der Waals surface area contributed by atoms with Crippen molar-refractivity contribution < 1.29 is 0 Å². The summed E-state index contributed by atoms with van der Waals surface area (Å²) >= 11 is 0. The van der Waals surface area contributed by atoms with Gasteiger partial charge in [0.2, 0.25) is 0 Å².